The van der Waals surface area contributed by atoms with Gasteiger partial charge in [-0.15, -0.1) is 13.2 Å². The largest absolute Gasteiger partial charge is 0.192 e. The zero-order chi connectivity index (χ0) is 10.4. The number of nitriles is 1. The molecule has 1 aromatic carbocycles. The van der Waals surface area contributed by atoms with E-state index in [9.17, 15) is 0 Å². The second-order valence-corrected chi connectivity index (χ2v) is 3.10. The van der Waals surface area contributed by atoms with Crippen molar-refractivity contribution in [3.05, 3.63) is 60.7 Å². The molecule has 0 radical (unpaired) electrons. The third-order valence-electron chi connectivity index (χ3n) is 2.17. The molecule has 1 unspecified atom stereocenters. The maximum Gasteiger partial charge on any atom is 0.0991 e. The lowest BCUT2D eigenvalue weighted by molar-refractivity contribution is 0.867. The minimum absolute atomic E-state index is 0.306. The molecule has 0 bridgehead atoms. The fraction of sp³-hybridized carbons (Fsp3) is 0.154. The van der Waals surface area contributed by atoms with Crippen molar-refractivity contribution in [3.63, 3.8) is 0 Å². The van der Waals surface area contributed by atoms with E-state index in [0.29, 0.717) is 11.5 Å². The van der Waals surface area contributed by atoms with E-state index in [1.54, 1.807) is 0 Å². The molecule has 0 aliphatic rings. The van der Waals surface area contributed by atoms with E-state index >= 15 is 0 Å². The van der Waals surface area contributed by atoms with Crippen molar-refractivity contribution in [2.45, 2.75) is 12.3 Å². The van der Waals surface area contributed by atoms with Gasteiger partial charge in [0.25, 0.3) is 0 Å². The summed E-state index contributed by atoms with van der Waals surface area (Å²) in [6.45, 7) is 7.49. The van der Waals surface area contributed by atoms with Gasteiger partial charge in [0.1, 0.15) is 0 Å². The van der Waals surface area contributed by atoms with Gasteiger partial charge < -0.3 is 0 Å². The van der Waals surface area contributed by atoms with Crippen LogP contribution in [-0.2, 0) is 0 Å². The van der Waals surface area contributed by atoms with E-state index in [1.165, 1.54) is 5.56 Å². The molecule has 14 heavy (non-hydrogen) atoms. The van der Waals surface area contributed by atoms with Crippen molar-refractivity contribution in [1.82, 2.24) is 0 Å². The molecular formula is C13H13N. The van der Waals surface area contributed by atoms with E-state index in [4.69, 9.17) is 5.26 Å². The molecule has 70 valence electrons. The van der Waals surface area contributed by atoms with E-state index in [2.05, 4.69) is 19.2 Å². The van der Waals surface area contributed by atoms with Crippen molar-refractivity contribution < 1.29 is 0 Å². The standard InChI is InChI=1S/C13H13N/c1-3-5-12(4-2)13-8-6-11(10-14)7-9-13/h3-4,6-9,12H,1-2,5H2. The van der Waals surface area contributed by atoms with Crippen LogP contribution in [-0.4, -0.2) is 0 Å². The summed E-state index contributed by atoms with van der Waals surface area (Å²) < 4.78 is 0. The van der Waals surface area contributed by atoms with Crippen LogP contribution in [0, 0.1) is 11.3 Å². The van der Waals surface area contributed by atoms with Crippen LogP contribution in [0.4, 0.5) is 0 Å². The highest BCUT2D eigenvalue weighted by Gasteiger charge is 2.04. The molecule has 0 aliphatic carbocycles. The summed E-state index contributed by atoms with van der Waals surface area (Å²) in [6, 6.07) is 9.69. The van der Waals surface area contributed by atoms with Crippen molar-refractivity contribution in [3.8, 4) is 6.07 Å². The van der Waals surface area contributed by atoms with Crippen LogP contribution in [0.1, 0.15) is 23.5 Å². The van der Waals surface area contributed by atoms with E-state index in [-0.39, 0.29) is 0 Å². The Balaban J connectivity index is 2.89. The fourth-order valence-electron chi connectivity index (χ4n) is 1.35. The number of allylic oxidation sites excluding steroid dienone is 2. The number of hydrogen-bond acceptors (Lipinski definition) is 1. The quantitative estimate of drug-likeness (QED) is 0.656. The number of hydrogen-bond donors (Lipinski definition) is 0. The molecule has 0 amide bonds. The Bertz CT molecular complexity index is 354. The van der Waals surface area contributed by atoms with Crippen LogP contribution >= 0.6 is 0 Å². The SMILES string of the molecule is C=CCC(C=C)c1ccc(C#N)cc1. The predicted octanol–water partition coefficient (Wildman–Crippen LogP) is 3.40. The van der Waals surface area contributed by atoms with Gasteiger partial charge in [-0.1, -0.05) is 24.3 Å². The Hall–Kier alpha value is -1.81. The summed E-state index contributed by atoms with van der Waals surface area (Å²) >= 11 is 0. The van der Waals surface area contributed by atoms with Crippen molar-refractivity contribution >= 4 is 0 Å². The maximum atomic E-state index is 8.64. The Morgan fingerprint density at radius 3 is 2.36 bits per heavy atom. The highest BCUT2D eigenvalue weighted by molar-refractivity contribution is 5.34. The molecule has 0 heterocycles. The molecule has 1 rings (SSSR count). The zero-order valence-corrected chi connectivity index (χ0v) is 8.11. The molecule has 0 N–H and O–H groups in total. The second-order valence-electron chi connectivity index (χ2n) is 3.10. The van der Waals surface area contributed by atoms with Gasteiger partial charge in [-0.3, -0.25) is 0 Å². The summed E-state index contributed by atoms with van der Waals surface area (Å²) in [5.41, 5.74) is 1.87. The smallest absolute Gasteiger partial charge is 0.0991 e. The molecule has 1 nitrogen and oxygen atoms in total. The van der Waals surface area contributed by atoms with Crippen molar-refractivity contribution in [1.29, 1.82) is 5.26 Å². The van der Waals surface area contributed by atoms with E-state index in [1.807, 2.05) is 36.4 Å². The molecule has 0 aliphatic heterocycles. The monoisotopic (exact) mass is 183 g/mol. The molecule has 1 atom stereocenters. The van der Waals surface area contributed by atoms with Crippen molar-refractivity contribution in [2.24, 2.45) is 0 Å². The highest BCUT2D eigenvalue weighted by atomic mass is 14.2. The van der Waals surface area contributed by atoms with Crippen LogP contribution in [0.5, 0.6) is 0 Å². The average molecular weight is 183 g/mol. The number of rotatable bonds is 4. The number of benzene rings is 1. The molecule has 0 saturated carbocycles. The maximum absolute atomic E-state index is 8.64. The third-order valence-corrected chi connectivity index (χ3v) is 2.17. The summed E-state index contributed by atoms with van der Waals surface area (Å²) in [4.78, 5) is 0. The summed E-state index contributed by atoms with van der Waals surface area (Å²) in [5.74, 6) is 0.306. The van der Waals surface area contributed by atoms with Gasteiger partial charge >= 0.3 is 0 Å². The van der Waals surface area contributed by atoms with Gasteiger partial charge in [0.2, 0.25) is 0 Å². The Kier molecular flexibility index (Phi) is 3.69. The first-order valence-electron chi connectivity index (χ1n) is 4.55. The first kappa shape index (κ1) is 10.3. The molecule has 1 heteroatoms. The minimum atomic E-state index is 0.306. The van der Waals surface area contributed by atoms with Crippen LogP contribution < -0.4 is 0 Å². The fourth-order valence-corrected chi connectivity index (χ4v) is 1.35. The lowest BCUT2D eigenvalue weighted by atomic mass is 9.95. The van der Waals surface area contributed by atoms with Gasteiger partial charge in [-0.25, -0.2) is 0 Å². The summed E-state index contributed by atoms with van der Waals surface area (Å²) in [5, 5.41) is 8.64. The number of nitrogens with zero attached hydrogens (tertiary/aromatic N) is 1. The topological polar surface area (TPSA) is 23.8 Å². The molecule has 0 aromatic heterocycles. The molecule has 0 fully saturated rings. The van der Waals surface area contributed by atoms with E-state index < -0.39 is 0 Å². The normalized spacial score (nSPS) is 11.4. The lowest BCUT2D eigenvalue weighted by Crippen LogP contribution is -1.92. The van der Waals surface area contributed by atoms with Crippen molar-refractivity contribution in [2.75, 3.05) is 0 Å². The minimum Gasteiger partial charge on any atom is -0.192 e. The Morgan fingerprint density at radius 1 is 1.29 bits per heavy atom. The van der Waals surface area contributed by atoms with Crippen LogP contribution in [0.2, 0.25) is 0 Å². The van der Waals surface area contributed by atoms with E-state index in [0.717, 1.165) is 6.42 Å². The van der Waals surface area contributed by atoms with Gasteiger partial charge in [0.15, 0.2) is 0 Å². The van der Waals surface area contributed by atoms with Crippen LogP contribution in [0.3, 0.4) is 0 Å². The Labute approximate surface area is 85.0 Å². The third kappa shape index (κ3) is 2.34. The summed E-state index contributed by atoms with van der Waals surface area (Å²) in [7, 11) is 0. The molecule has 1 aromatic rings. The van der Waals surface area contributed by atoms with Crippen LogP contribution in [0.25, 0.3) is 0 Å². The second kappa shape index (κ2) is 5.04. The zero-order valence-electron chi connectivity index (χ0n) is 8.11. The molecule has 0 saturated heterocycles. The van der Waals surface area contributed by atoms with Gasteiger partial charge in [-0.05, 0) is 24.1 Å². The first-order chi connectivity index (χ1) is 6.81. The first-order valence-corrected chi connectivity index (χ1v) is 4.55. The Morgan fingerprint density at radius 2 is 1.93 bits per heavy atom. The molecule has 0 spiro atoms. The predicted molar refractivity (Wildman–Crippen MR) is 58.9 cm³/mol. The summed E-state index contributed by atoms with van der Waals surface area (Å²) in [6.07, 6.45) is 4.67. The van der Waals surface area contributed by atoms with Crippen LogP contribution in [0.15, 0.2) is 49.6 Å². The molecular weight excluding hydrogens is 170 g/mol. The van der Waals surface area contributed by atoms with Gasteiger partial charge in [-0.2, -0.15) is 5.26 Å². The lowest BCUT2D eigenvalue weighted by Gasteiger charge is -2.09. The van der Waals surface area contributed by atoms with Gasteiger partial charge in [0.05, 0.1) is 11.6 Å². The highest BCUT2D eigenvalue weighted by Crippen LogP contribution is 2.21. The van der Waals surface area contributed by atoms with Gasteiger partial charge in [0, 0.05) is 5.92 Å². The average Bonchev–Trinajstić information content (AvgIpc) is 2.26.